The van der Waals surface area contributed by atoms with E-state index in [-0.39, 0.29) is 0 Å². The molecule has 0 saturated heterocycles. The Balaban J connectivity index is -0.000000266. The molecule has 2 N–H and O–H groups in total. The van der Waals surface area contributed by atoms with Crippen LogP contribution in [-0.2, 0) is 0 Å². The second kappa shape index (κ2) is 18.3. The summed E-state index contributed by atoms with van der Waals surface area (Å²) < 4.78 is 0. The van der Waals surface area contributed by atoms with E-state index in [4.69, 9.17) is 5.73 Å². The zero-order chi connectivity index (χ0) is 12.0. The molecule has 0 aromatic rings. The van der Waals surface area contributed by atoms with Crippen LogP contribution in [0.3, 0.4) is 0 Å². The first kappa shape index (κ1) is 19.1. The minimum Gasteiger partial charge on any atom is -0.330 e. The van der Waals surface area contributed by atoms with Crippen LogP contribution in [0, 0.1) is 5.92 Å². The van der Waals surface area contributed by atoms with Gasteiger partial charge in [0, 0.05) is 0 Å². The molecular weight excluding hydrogens is 170 g/mol. The van der Waals surface area contributed by atoms with E-state index in [0.29, 0.717) is 5.92 Å². The summed E-state index contributed by atoms with van der Waals surface area (Å²) >= 11 is 0. The lowest BCUT2D eigenvalue weighted by molar-refractivity contribution is 0.573. The normalized spacial score (nSPS) is 10.1. The molecule has 1 unspecified atom stereocenters. The molecule has 1 heteroatoms. The van der Waals surface area contributed by atoms with Crippen molar-refractivity contribution in [1.82, 2.24) is 0 Å². The van der Waals surface area contributed by atoms with Gasteiger partial charge in [-0.2, -0.15) is 0 Å². The van der Waals surface area contributed by atoms with Gasteiger partial charge in [0.2, 0.25) is 0 Å². The molecule has 0 aliphatic heterocycles. The summed E-state index contributed by atoms with van der Waals surface area (Å²) in [6, 6.07) is 0. The van der Waals surface area contributed by atoms with Crippen molar-refractivity contribution in [3.63, 3.8) is 0 Å². The number of hydrogen-bond acceptors (Lipinski definition) is 1. The van der Waals surface area contributed by atoms with Crippen LogP contribution in [0.15, 0.2) is 25.3 Å². The smallest absolute Gasteiger partial charge is 0.00771 e. The van der Waals surface area contributed by atoms with Crippen molar-refractivity contribution in [2.24, 2.45) is 11.7 Å². The van der Waals surface area contributed by atoms with Gasteiger partial charge in [-0.1, -0.05) is 39.8 Å². The van der Waals surface area contributed by atoms with Gasteiger partial charge < -0.3 is 5.73 Å². The van der Waals surface area contributed by atoms with Crippen molar-refractivity contribution in [3.8, 4) is 0 Å². The molecule has 0 spiro atoms. The van der Waals surface area contributed by atoms with Crippen molar-refractivity contribution in [2.75, 3.05) is 6.54 Å². The lowest BCUT2D eigenvalue weighted by Gasteiger charge is -2.11. The number of rotatable bonds is 5. The largest absolute Gasteiger partial charge is 0.330 e. The van der Waals surface area contributed by atoms with Gasteiger partial charge >= 0.3 is 0 Å². The van der Waals surface area contributed by atoms with Crippen molar-refractivity contribution in [3.05, 3.63) is 25.3 Å². The number of nitrogens with two attached hydrogens (primary N) is 1. The molecule has 0 aliphatic rings. The number of hydrogen-bond donors (Lipinski definition) is 1. The monoisotopic (exact) mass is 199 g/mol. The van der Waals surface area contributed by atoms with Crippen molar-refractivity contribution in [2.45, 2.75) is 47.0 Å². The van der Waals surface area contributed by atoms with Crippen molar-refractivity contribution >= 4 is 0 Å². The highest BCUT2D eigenvalue weighted by Gasteiger charge is 2.02. The average molecular weight is 199 g/mol. The Morgan fingerprint density at radius 2 is 1.71 bits per heavy atom. The lowest BCUT2D eigenvalue weighted by atomic mass is 9.96. The zero-order valence-corrected chi connectivity index (χ0v) is 10.6. The van der Waals surface area contributed by atoms with E-state index in [2.05, 4.69) is 33.6 Å². The zero-order valence-electron chi connectivity index (χ0n) is 10.6. The predicted octanol–water partition coefficient (Wildman–Crippen LogP) is 4.16. The van der Waals surface area contributed by atoms with Gasteiger partial charge in [-0.3, -0.25) is 0 Å². The molecule has 0 bridgehead atoms. The first-order chi connectivity index (χ1) is 6.72. The first-order valence-electron chi connectivity index (χ1n) is 5.60. The third kappa shape index (κ3) is 14.0. The van der Waals surface area contributed by atoms with E-state index in [1.807, 2.05) is 13.8 Å². The van der Waals surface area contributed by atoms with E-state index in [1.165, 1.54) is 12.0 Å². The summed E-state index contributed by atoms with van der Waals surface area (Å²) in [5, 5.41) is 0. The van der Waals surface area contributed by atoms with E-state index < -0.39 is 0 Å². The third-order valence-corrected chi connectivity index (χ3v) is 1.99. The van der Waals surface area contributed by atoms with Gasteiger partial charge in [0.05, 0.1) is 0 Å². The van der Waals surface area contributed by atoms with Crippen LogP contribution < -0.4 is 5.73 Å². The number of allylic oxidation sites excluding steroid dienone is 1. The molecule has 0 aromatic heterocycles. The fraction of sp³-hybridized carbons (Fsp3) is 0.692. The van der Waals surface area contributed by atoms with Gasteiger partial charge in [0.1, 0.15) is 0 Å². The maximum absolute atomic E-state index is 5.39. The van der Waals surface area contributed by atoms with Gasteiger partial charge in [-0.25, -0.2) is 0 Å². The molecule has 0 rings (SSSR count). The fourth-order valence-electron chi connectivity index (χ4n) is 0.977. The van der Waals surface area contributed by atoms with Gasteiger partial charge in [0.15, 0.2) is 0 Å². The fourth-order valence-corrected chi connectivity index (χ4v) is 0.977. The second-order valence-electron chi connectivity index (χ2n) is 2.84. The molecule has 0 aromatic carbocycles. The Labute approximate surface area is 91.1 Å². The van der Waals surface area contributed by atoms with Crippen LogP contribution in [0.25, 0.3) is 0 Å². The van der Waals surface area contributed by atoms with Crippen molar-refractivity contribution < 1.29 is 0 Å². The highest BCUT2D eigenvalue weighted by molar-refractivity contribution is 4.97. The summed E-state index contributed by atoms with van der Waals surface area (Å²) in [5.41, 5.74) is 6.74. The summed E-state index contributed by atoms with van der Waals surface area (Å²) in [6.07, 6.45) is 3.43. The molecule has 0 fully saturated rings. The van der Waals surface area contributed by atoms with E-state index in [9.17, 15) is 0 Å². The van der Waals surface area contributed by atoms with Gasteiger partial charge in [-0.05, 0) is 31.7 Å². The Kier molecular flexibility index (Phi) is 24.9. The second-order valence-corrected chi connectivity index (χ2v) is 2.84. The van der Waals surface area contributed by atoms with Crippen LogP contribution in [0.4, 0.5) is 0 Å². The van der Waals surface area contributed by atoms with E-state index in [1.54, 1.807) is 0 Å². The van der Waals surface area contributed by atoms with Crippen LogP contribution in [0.1, 0.15) is 47.0 Å². The topological polar surface area (TPSA) is 26.0 Å². The Bertz CT molecular complexity index is 108. The molecule has 0 heterocycles. The Morgan fingerprint density at radius 3 is 2.00 bits per heavy atom. The molecule has 86 valence electrons. The predicted molar refractivity (Wildman–Crippen MR) is 69.5 cm³/mol. The van der Waals surface area contributed by atoms with E-state index >= 15 is 0 Å². The maximum atomic E-state index is 5.39. The van der Waals surface area contributed by atoms with Crippen molar-refractivity contribution in [1.29, 1.82) is 0 Å². The summed E-state index contributed by atoms with van der Waals surface area (Å²) in [5.74, 6) is 0.661. The molecule has 0 radical (unpaired) electrons. The minimum absolute atomic E-state index is 0.661. The summed E-state index contributed by atoms with van der Waals surface area (Å²) in [6.45, 7) is 19.2. The summed E-state index contributed by atoms with van der Waals surface area (Å²) in [4.78, 5) is 0. The highest BCUT2D eigenvalue weighted by Crippen LogP contribution is 2.16. The maximum Gasteiger partial charge on any atom is -0.00771 e. The molecular formula is C13H29N. The van der Waals surface area contributed by atoms with Gasteiger partial charge in [-0.15, -0.1) is 13.2 Å². The average Bonchev–Trinajstić information content (AvgIpc) is 2.30. The Morgan fingerprint density at radius 1 is 1.29 bits per heavy atom. The Hall–Kier alpha value is -0.560. The molecule has 1 nitrogen and oxygen atoms in total. The van der Waals surface area contributed by atoms with Crippen LogP contribution in [0.2, 0.25) is 0 Å². The molecule has 0 aliphatic carbocycles. The highest BCUT2D eigenvalue weighted by atomic mass is 14.5. The van der Waals surface area contributed by atoms with Crippen LogP contribution in [-0.4, -0.2) is 6.54 Å². The van der Waals surface area contributed by atoms with Gasteiger partial charge in [0.25, 0.3) is 0 Å². The summed E-state index contributed by atoms with van der Waals surface area (Å²) in [7, 11) is 0. The quantitative estimate of drug-likeness (QED) is 0.661. The molecule has 0 saturated carbocycles. The minimum atomic E-state index is 0.661. The third-order valence-electron chi connectivity index (χ3n) is 1.99. The molecule has 0 amide bonds. The standard InChI is InChI=1S/C9H19N.C2H6.C2H4/c1-4-8(2)9(3)6-5-7-10;2*1-2/h9H,2,4-7,10H2,1,3H3;1-2H3;1-2H2. The molecule has 14 heavy (non-hydrogen) atoms. The first-order valence-corrected chi connectivity index (χ1v) is 5.60. The lowest BCUT2D eigenvalue weighted by Crippen LogP contribution is -2.03. The van der Waals surface area contributed by atoms with Crippen LogP contribution >= 0.6 is 0 Å². The SMILES string of the molecule is C=C.C=C(CC)C(C)CCCN.CC. The van der Waals surface area contributed by atoms with E-state index in [0.717, 1.165) is 19.4 Å². The molecule has 1 atom stereocenters. The van der Waals surface area contributed by atoms with Crippen LogP contribution in [0.5, 0.6) is 0 Å².